The van der Waals surface area contributed by atoms with Gasteiger partial charge in [-0.15, -0.1) is 0 Å². The highest BCUT2D eigenvalue weighted by Gasteiger charge is 2.90. The van der Waals surface area contributed by atoms with Crippen molar-refractivity contribution in [2.24, 2.45) is 0 Å². The van der Waals surface area contributed by atoms with Crippen molar-refractivity contribution in [2.75, 3.05) is 6.61 Å². The van der Waals surface area contributed by atoms with E-state index in [0.717, 1.165) is 0 Å². The second-order valence-electron chi connectivity index (χ2n) is 4.79. The first kappa shape index (κ1) is 25.6. The Balaban J connectivity index is 5.80. The molecule has 0 fully saturated rings. The molecule has 0 N–H and O–H groups in total. The number of ether oxygens (including phenoxy) is 1. The molecule has 0 saturated carbocycles. The lowest BCUT2D eigenvalue weighted by Crippen LogP contribution is -2.70. The Bertz CT molecular complexity index is 581. The quantitative estimate of drug-likeness (QED) is 0.280. The molecule has 0 aliphatic heterocycles. The number of alkyl halides is 13. The second kappa shape index (κ2) is 7.20. The van der Waals surface area contributed by atoms with Gasteiger partial charge in [-0.2, -0.15) is 57.1 Å². The van der Waals surface area contributed by atoms with Gasteiger partial charge in [-0.05, 0) is 0 Å². The van der Waals surface area contributed by atoms with Gasteiger partial charge in [0.2, 0.25) is 0 Å². The average molecular weight is 453 g/mol. The van der Waals surface area contributed by atoms with Gasteiger partial charge in [0.25, 0.3) is 0 Å². The van der Waals surface area contributed by atoms with Crippen LogP contribution in [0.3, 0.4) is 0 Å². The van der Waals surface area contributed by atoms with E-state index in [1.165, 1.54) is 0 Å². The van der Waals surface area contributed by atoms with Gasteiger partial charge in [-0.25, -0.2) is 4.79 Å². The highest BCUT2D eigenvalue weighted by atomic mass is 35.5. The van der Waals surface area contributed by atoms with Crippen molar-refractivity contribution in [1.82, 2.24) is 0 Å². The van der Waals surface area contributed by atoms with Crippen molar-refractivity contribution in [3.63, 3.8) is 0 Å². The predicted molar refractivity (Wildman–Crippen MR) is 61.4 cm³/mol. The Morgan fingerprint density at radius 3 is 1.44 bits per heavy atom. The molecule has 0 heterocycles. The van der Waals surface area contributed by atoms with Gasteiger partial charge in [-0.3, -0.25) is 0 Å². The molecule has 0 rings (SSSR count). The van der Waals surface area contributed by atoms with Crippen molar-refractivity contribution in [3.05, 3.63) is 11.6 Å². The smallest absolute Gasteiger partial charge is 0.460 e. The molecule has 160 valence electrons. The summed E-state index contributed by atoms with van der Waals surface area (Å²) < 4.78 is 169. The lowest BCUT2D eigenvalue weighted by atomic mass is 9.93. The van der Waals surface area contributed by atoms with E-state index in [1.807, 2.05) is 0 Å². The molecule has 0 aliphatic carbocycles. The maximum Gasteiger partial charge on any atom is 0.460 e. The summed E-state index contributed by atoms with van der Waals surface area (Å²) in [5, 5.41) is -0.994. The van der Waals surface area contributed by atoms with E-state index >= 15 is 0 Å². The molecule has 0 saturated heterocycles. The van der Waals surface area contributed by atoms with Gasteiger partial charge in [0.05, 0.1) is 13.0 Å². The van der Waals surface area contributed by atoms with Crippen molar-refractivity contribution in [1.29, 1.82) is 0 Å². The molecule has 0 aromatic heterocycles. The summed E-state index contributed by atoms with van der Waals surface area (Å²) >= 11 is 4.88. The Hall–Kier alpha value is -1.41. The lowest BCUT2D eigenvalue weighted by molar-refractivity contribution is -0.440. The van der Waals surface area contributed by atoms with E-state index in [9.17, 15) is 61.9 Å². The monoisotopic (exact) mass is 452 g/mol. The fraction of sp³-hybridized carbons (Fsp3) is 0.727. The van der Waals surface area contributed by atoms with E-state index in [2.05, 4.69) is 11.3 Å². The molecule has 0 unspecified atom stereocenters. The third kappa shape index (κ3) is 4.21. The van der Waals surface area contributed by atoms with Crippen LogP contribution in [0, 0.1) is 0 Å². The SMILES string of the molecule is C=C(Cl)C(=O)OCCC(F)(F)C(F)(F)C(F)(F)C(F)(F)C(F)(F)C(F)(F)F. The molecule has 0 aromatic carbocycles. The molecular weight excluding hydrogens is 447 g/mol. The molecule has 0 spiro atoms. The van der Waals surface area contributed by atoms with Crippen LogP contribution in [-0.2, 0) is 9.53 Å². The molecule has 0 aliphatic rings. The minimum Gasteiger partial charge on any atom is -0.461 e. The van der Waals surface area contributed by atoms with Crippen molar-refractivity contribution in [3.8, 4) is 0 Å². The zero-order chi connectivity index (χ0) is 22.3. The van der Waals surface area contributed by atoms with Crippen LogP contribution in [0.2, 0.25) is 0 Å². The van der Waals surface area contributed by atoms with Gasteiger partial charge in [0, 0.05) is 0 Å². The topological polar surface area (TPSA) is 26.3 Å². The maximum absolute atomic E-state index is 13.2. The average Bonchev–Trinajstić information content (AvgIpc) is 2.44. The van der Waals surface area contributed by atoms with Crippen molar-refractivity contribution in [2.45, 2.75) is 42.2 Å². The fourth-order valence-electron chi connectivity index (χ4n) is 1.31. The van der Waals surface area contributed by atoms with Gasteiger partial charge in [0.1, 0.15) is 5.03 Å². The standard InChI is InChI=1S/C11H6ClF13O2/c1-4(12)5(26)27-3-2-6(13,14)7(15,16)8(17,18)9(19,20)10(21,22)11(23,24)25/h1-3H2. The van der Waals surface area contributed by atoms with E-state index in [4.69, 9.17) is 11.6 Å². The summed E-state index contributed by atoms with van der Waals surface area (Å²) in [6, 6.07) is 0. The van der Waals surface area contributed by atoms with Crippen LogP contribution in [0.25, 0.3) is 0 Å². The van der Waals surface area contributed by atoms with Gasteiger partial charge < -0.3 is 4.74 Å². The minimum absolute atomic E-state index is 0.994. The van der Waals surface area contributed by atoms with Crippen LogP contribution in [0.4, 0.5) is 57.1 Å². The summed E-state index contributed by atoms with van der Waals surface area (Å²) in [5.74, 6) is -39.1. The fourth-order valence-corrected chi connectivity index (χ4v) is 1.36. The number of carbonyl (C=O) groups is 1. The highest BCUT2D eigenvalue weighted by Crippen LogP contribution is 2.60. The molecule has 0 aromatic rings. The zero-order valence-corrected chi connectivity index (χ0v) is 13.0. The van der Waals surface area contributed by atoms with E-state index < -0.39 is 59.8 Å². The first-order chi connectivity index (χ1) is 11.6. The summed E-state index contributed by atoms with van der Waals surface area (Å²) in [6.07, 6.45) is -10.1. The third-order valence-electron chi connectivity index (χ3n) is 2.87. The van der Waals surface area contributed by atoms with Crippen LogP contribution in [-0.4, -0.2) is 48.4 Å². The van der Waals surface area contributed by atoms with E-state index in [-0.39, 0.29) is 0 Å². The normalized spacial score (nSPS) is 14.9. The maximum atomic E-state index is 13.2. The molecule has 0 amide bonds. The number of hydrogen-bond acceptors (Lipinski definition) is 2. The molecule has 27 heavy (non-hydrogen) atoms. The first-order valence-corrected chi connectivity index (χ1v) is 6.43. The number of esters is 1. The largest absolute Gasteiger partial charge is 0.461 e. The van der Waals surface area contributed by atoms with Gasteiger partial charge in [0.15, 0.2) is 0 Å². The molecule has 2 nitrogen and oxygen atoms in total. The molecular formula is C11H6ClF13O2. The summed E-state index contributed by atoms with van der Waals surface area (Å²) in [7, 11) is 0. The number of halogens is 14. The lowest BCUT2D eigenvalue weighted by Gasteiger charge is -2.39. The molecule has 0 bridgehead atoms. The Kier molecular flexibility index (Phi) is 6.83. The Morgan fingerprint density at radius 1 is 0.741 bits per heavy atom. The van der Waals surface area contributed by atoms with Crippen LogP contribution in [0.1, 0.15) is 6.42 Å². The van der Waals surface area contributed by atoms with E-state index in [0.29, 0.717) is 0 Å². The summed E-state index contributed by atoms with van der Waals surface area (Å²) in [6.45, 7) is 0.816. The zero-order valence-electron chi connectivity index (χ0n) is 12.2. The summed E-state index contributed by atoms with van der Waals surface area (Å²) in [5.41, 5.74) is 0. The minimum atomic E-state index is -7.97. The van der Waals surface area contributed by atoms with Crippen LogP contribution >= 0.6 is 11.6 Å². The highest BCUT2D eigenvalue weighted by molar-refractivity contribution is 6.40. The van der Waals surface area contributed by atoms with Crippen molar-refractivity contribution < 1.29 is 66.6 Å². The van der Waals surface area contributed by atoms with Gasteiger partial charge >= 0.3 is 41.8 Å². The predicted octanol–water partition coefficient (Wildman–Crippen LogP) is 5.41. The van der Waals surface area contributed by atoms with Crippen molar-refractivity contribution >= 4 is 17.6 Å². The van der Waals surface area contributed by atoms with E-state index in [1.54, 1.807) is 0 Å². The molecule has 16 heteroatoms. The Morgan fingerprint density at radius 2 is 1.11 bits per heavy atom. The third-order valence-corrected chi connectivity index (χ3v) is 3.02. The van der Waals surface area contributed by atoms with Gasteiger partial charge in [-0.1, -0.05) is 18.2 Å². The summed E-state index contributed by atoms with van der Waals surface area (Å²) in [4.78, 5) is 10.7. The molecule has 0 radical (unpaired) electrons. The number of hydrogen-bond donors (Lipinski definition) is 0. The van der Waals surface area contributed by atoms with Crippen LogP contribution in [0.15, 0.2) is 11.6 Å². The Labute approximate surface area is 145 Å². The first-order valence-electron chi connectivity index (χ1n) is 6.05. The second-order valence-corrected chi connectivity index (χ2v) is 5.25. The number of carbonyl (C=O) groups excluding carboxylic acids is 1. The molecule has 0 atom stereocenters. The van der Waals surface area contributed by atoms with Crippen LogP contribution in [0.5, 0.6) is 0 Å². The van der Waals surface area contributed by atoms with Crippen LogP contribution < -0.4 is 0 Å². The number of rotatable bonds is 8.